The Morgan fingerprint density at radius 1 is 1.40 bits per heavy atom. The van der Waals surface area contributed by atoms with E-state index < -0.39 is 15.5 Å². The van der Waals surface area contributed by atoms with Gasteiger partial charge in [-0.1, -0.05) is 20.8 Å². The molecule has 0 saturated carbocycles. The summed E-state index contributed by atoms with van der Waals surface area (Å²) < 4.78 is 29.2. The molecule has 0 rings (SSSR count). The van der Waals surface area contributed by atoms with Crippen LogP contribution in [-0.4, -0.2) is 31.2 Å². The van der Waals surface area contributed by atoms with E-state index in [1.54, 1.807) is 0 Å². The van der Waals surface area contributed by atoms with Gasteiger partial charge < -0.3 is 5.32 Å². The van der Waals surface area contributed by atoms with Gasteiger partial charge in [-0.2, -0.15) is 8.42 Å². The van der Waals surface area contributed by atoms with E-state index in [1.807, 2.05) is 20.8 Å². The Morgan fingerprint density at radius 3 is 2.33 bits per heavy atom. The summed E-state index contributed by atoms with van der Waals surface area (Å²) in [6.45, 7) is 5.83. The maximum atomic E-state index is 11.5. The van der Waals surface area contributed by atoms with Crippen molar-refractivity contribution in [3.8, 4) is 0 Å². The third-order valence-electron chi connectivity index (χ3n) is 2.36. The molecule has 0 heterocycles. The Labute approximate surface area is 91.0 Å². The summed E-state index contributed by atoms with van der Waals surface area (Å²) in [5.41, 5.74) is -0.432. The number of carbonyl (C=O) groups is 1. The van der Waals surface area contributed by atoms with Crippen molar-refractivity contribution in [2.75, 3.05) is 12.3 Å². The molecule has 1 amide bonds. The first-order valence-corrected chi connectivity index (χ1v) is 6.53. The molecule has 0 atom stereocenters. The minimum Gasteiger partial charge on any atom is -0.356 e. The third-order valence-corrected chi connectivity index (χ3v) is 3.17. The van der Waals surface area contributed by atoms with E-state index in [4.69, 9.17) is 4.55 Å². The van der Waals surface area contributed by atoms with Crippen molar-refractivity contribution in [2.45, 2.75) is 33.6 Å². The van der Waals surface area contributed by atoms with Gasteiger partial charge in [-0.05, 0) is 12.8 Å². The summed E-state index contributed by atoms with van der Waals surface area (Å²) in [7, 11) is -3.91. The zero-order chi connectivity index (χ0) is 12.1. The first kappa shape index (κ1) is 14.4. The van der Waals surface area contributed by atoms with Crippen molar-refractivity contribution < 1.29 is 17.8 Å². The zero-order valence-corrected chi connectivity index (χ0v) is 10.2. The summed E-state index contributed by atoms with van der Waals surface area (Å²) in [5.74, 6) is -0.417. The number of carbonyl (C=O) groups excluding carboxylic acids is 1. The lowest BCUT2D eigenvalue weighted by molar-refractivity contribution is -0.129. The molecular formula is C9H19NO4S. The second-order valence-electron chi connectivity index (χ2n) is 4.13. The van der Waals surface area contributed by atoms with Crippen LogP contribution >= 0.6 is 0 Å². The van der Waals surface area contributed by atoms with Crippen LogP contribution in [0.1, 0.15) is 33.6 Å². The smallest absolute Gasteiger partial charge is 0.264 e. The second kappa shape index (κ2) is 5.46. The summed E-state index contributed by atoms with van der Waals surface area (Å²) in [6.07, 6.45) is 0.946. The van der Waals surface area contributed by atoms with Crippen LogP contribution in [-0.2, 0) is 14.9 Å². The van der Waals surface area contributed by atoms with Crippen molar-refractivity contribution in [2.24, 2.45) is 5.41 Å². The van der Waals surface area contributed by atoms with Gasteiger partial charge in [0.2, 0.25) is 5.91 Å². The van der Waals surface area contributed by atoms with E-state index in [-0.39, 0.29) is 24.6 Å². The normalized spacial score (nSPS) is 12.5. The van der Waals surface area contributed by atoms with Gasteiger partial charge in [0.25, 0.3) is 10.1 Å². The van der Waals surface area contributed by atoms with Crippen molar-refractivity contribution in [1.29, 1.82) is 0 Å². The Bertz CT molecular complexity index is 308. The van der Waals surface area contributed by atoms with Crippen LogP contribution in [0.2, 0.25) is 0 Å². The van der Waals surface area contributed by atoms with Crippen molar-refractivity contribution in [1.82, 2.24) is 5.32 Å². The molecule has 0 fully saturated rings. The highest BCUT2D eigenvalue weighted by Crippen LogP contribution is 2.19. The number of hydrogen-bond donors (Lipinski definition) is 2. The largest absolute Gasteiger partial charge is 0.356 e. The van der Waals surface area contributed by atoms with Gasteiger partial charge in [0.1, 0.15) is 0 Å². The lowest BCUT2D eigenvalue weighted by Crippen LogP contribution is -2.37. The molecule has 0 bridgehead atoms. The fraction of sp³-hybridized carbons (Fsp3) is 0.889. The third kappa shape index (κ3) is 6.46. The van der Waals surface area contributed by atoms with Crippen LogP contribution in [0.25, 0.3) is 0 Å². The van der Waals surface area contributed by atoms with Gasteiger partial charge >= 0.3 is 0 Å². The highest BCUT2D eigenvalue weighted by Gasteiger charge is 2.24. The minimum absolute atomic E-state index is 0.0969. The van der Waals surface area contributed by atoms with E-state index >= 15 is 0 Å². The fourth-order valence-corrected chi connectivity index (χ4v) is 1.37. The van der Waals surface area contributed by atoms with Gasteiger partial charge in [0.15, 0.2) is 0 Å². The summed E-state index contributed by atoms with van der Waals surface area (Å²) in [6, 6.07) is 0. The monoisotopic (exact) mass is 237 g/mol. The van der Waals surface area contributed by atoms with Crippen LogP contribution < -0.4 is 5.32 Å². The van der Waals surface area contributed by atoms with E-state index in [2.05, 4.69) is 5.32 Å². The van der Waals surface area contributed by atoms with Gasteiger partial charge in [-0.15, -0.1) is 0 Å². The average Bonchev–Trinajstić information content (AvgIpc) is 2.10. The van der Waals surface area contributed by atoms with Gasteiger partial charge in [-0.3, -0.25) is 9.35 Å². The molecule has 90 valence electrons. The standard InChI is InChI=1S/C9H19NO4S/c1-4-9(2,3)8(11)10-6-5-7-15(12,13)14/h4-7H2,1-3H3,(H,10,11)(H,12,13,14). The number of hydrogen-bond acceptors (Lipinski definition) is 3. The minimum atomic E-state index is -3.91. The Balaban J connectivity index is 3.84. The molecular weight excluding hydrogens is 218 g/mol. The zero-order valence-electron chi connectivity index (χ0n) is 9.41. The lowest BCUT2D eigenvalue weighted by Gasteiger charge is -2.21. The van der Waals surface area contributed by atoms with E-state index in [1.165, 1.54) is 0 Å². The maximum Gasteiger partial charge on any atom is 0.264 e. The highest BCUT2D eigenvalue weighted by atomic mass is 32.2. The lowest BCUT2D eigenvalue weighted by atomic mass is 9.89. The fourth-order valence-electron chi connectivity index (χ4n) is 0.856. The van der Waals surface area contributed by atoms with Crippen LogP contribution in [0.5, 0.6) is 0 Å². The molecule has 0 radical (unpaired) electrons. The SMILES string of the molecule is CCC(C)(C)C(=O)NCCCS(=O)(=O)O. The van der Waals surface area contributed by atoms with Gasteiger partial charge in [0, 0.05) is 12.0 Å². The molecule has 5 nitrogen and oxygen atoms in total. The molecule has 0 saturated heterocycles. The first-order valence-electron chi connectivity index (χ1n) is 4.92. The van der Waals surface area contributed by atoms with Crippen molar-refractivity contribution >= 4 is 16.0 Å². The maximum absolute atomic E-state index is 11.5. The van der Waals surface area contributed by atoms with E-state index in [0.29, 0.717) is 0 Å². The van der Waals surface area contributed by atoms with E-state index in [0.717, 1.165) is 6.42 Å². The van der Waals surface area contributed by atoms with Gasteiger partial charge in [-0.25, -0.2) is 0 Å². The summed E-state index contributed by atoms with van der Waals surface area (Å²) in [5, 5.41) is 2.63. The van der Waals surface area contributed by atoms with E-state index in [9.17, 15) is 13.2 Å². The van der Waals surface area contributed by atoms with Crippen molar-refractivity contribution in [3.05, 3.63) is 0 Å². The molecule has 0 aromatic heterocycles. The quantitative estimate of drug-likeness (QED) is 0.529. The molecule has 0 spiro atoms. The molecule has 0 aliphatic rings. The highest BCUT2D eigenvalue weighted by molar-refractivity contribution is 7.85. The average molecular weight is 237 g/mol. The molecule has 6 heteroatoms. The molecule has 0 aliphatic carbocycles. The summed E-state index contributed by atoms with van der Waals surface area (Å²) in [4.78, 5) is 11.5. The topological polar surface area (TPSA) is 83.5 Å². The van der Waals surface area contributed by atoms with Crippen LogP contribution in [0.4, 0.5) is 0 Å². The predicted octanol–water partition coefficient (Wildman–Crippen LogP) is 0.817. The molecule has 0 aliphatic heterocycles. The number of nitrogens with one attached hydrogen (secondary N) is 1. The number of rotatable bonds is 6. The van der Waals surface area contributed by atoms with Crippen LogP contribution in [0, 0.1) is 5.41 Å². The van der Waals surface area contributed by atoms with Crippen LogP contribution in [0.15, 0.2) is 0 Å². The predicted molar refractivity (Wildman–Crippen MR) is 58.1 cm³/mol. The second-order valence-corrected chi connectivity index (χ2v) is 5.71. The Kier molecular flexibility index (Phi) is 5.23. The molecule has 0 aromatic rings. The van der Waals surface area contributed by atoms with Gasteiger partial charge in [0.05, 0.1) is 5.75 Å². The Morgan fingerprint density at radius 2 is 1.93 bits per heavy atom. The molecule has 2 N–H and O–H groups in total. The van der Waals surface area contributed by atoms with Crippen LogP contribution in [0.3, 0.4) is 0 Å². The molecule has 15 heavy (non-hydrogen) atoms. The van der Waals surface area contributed by atoms with Crippen molar-refractivity contribution in [3.63, 3.8) is 0 Å². The summed E-state index contributed by atoms with van der Waals surface area (Å²) >= 11 is 0. The number of amides is 1. The molecule has 0 unspecified atom stereocenters. The Hall–Kier alpha value is -0.620. The first-order chi connectivity index (χ1) is 6.69. The molecule has 0 aromatic carbocycles.